The number of rotatable bonds is 9. The zero-order valence-corrected chi connectivity index (χ0v) is 13.6. The highest BCUT2D eigenvalue weighted by Crippen LogP contribution is 2.18. The van der Waals surface area contributed by atoms with E-state index in [9.17, 15) is 0 Å². The molecule has 0 bridgehead atoms. The standard InChI is InChI=1S/C18H30N2O/c1-3-8-17(13-19-4-2)21-18-11-12-20(15-18)14-16-9-6-5-7-10-16/h5-7,9-10,17-19H,3-4,8,11-15H2,1-2H3. The zero-order chi connectivity index (χ0) is 14.9. The van der Waals surface area contributed by atoms with Gasteiger partial charge in [0.15, 0.2) is 0 Å². The molecule has 0 aliphatic carbocycles. The molecular weight excluding hydrogens is 260 g/mol. The summed E-state index contributed by atoms with van der Waals surface area (Å²) in [6.07, 6.45) is 4.29. The quantitative estimate of drug-likeness (QED) is 0.756. The van der Waals surface area contributed by atoms with Gasteiger partial charge in [-0.3, -0.25) is 4.90 Å². The largest absolute Gasteiger partial charge is 0.372 e. The first-order chi connectivity index (χ1) is 10.3. The van der Waals surface area contributed by atoms with E-state index in [-0.39, 0.29) is 0 Å². The van der Waals surface area contributed by atoms with Crippen LogP contribution in [-0.4, -0.2) is 43.3 Å². The van der Waals surface area contributed by atoms with Crippen LogP contribution in [0.5, 0.6) is 0 Å². The number of ether oxygens (including phenoxy) is 1. The monoisotopic (exact) mass is 290 g/mol. The van der Waals surface area contributed by atoms with Gasteiger partial charge >= 0.3 is 0 Å². The first-order valence-corrected chi connectivity index (χ1v) is 8.44. The lowest BCUT2D eigenvalue weighted by molar-refractivity contribution is -0.00996. The number of nitrogens with one attached hydrogen (secondary N) is 1. The van der Waals surface area contributed by atoms with Gasteiger partial charge in [0.1, 0.15) is 0 Å². The van der Waals surface area contributed by atoms with Gasteiger partial charge < -0.3 is 10.1 Å². The van der Waals surface area contributed by atoms with E-state index in [1.807, 2.05) is 0 Å². The van der Waals surface area contributed by atoms with Gasteiger partial charge in [-0.05, 0) is 24.9 Å². The fraction of sp³-hybridized carbons (Fsp3) is 0.667. The molecule has 0 radical (unpaired) electrons. The Labute approximate surface area is 129 Å². The highest BCUT2D eigenvalue weighted by molar-refractivity contribution is 5.14. The molecule has 1 fully saturated rings. The number of likely N-dealkylation sites (N-methyl/N-ethyl adjacent to an activating group) is 1. The molecule has 2 rings (SSSR count). The van der Waals surface area contributed by atoms with Crippen molar-refractivity contribution < 1.29 is 4.74 Å². The highest BCUT2D eigenvalue weighted by atomic mass is 16.5. The molecule has 1 aromatic carbocycles. The van der Waals surface area contributed by atoms with Crippen molar-refractivity contribution >= 4 is 0 Å². The van der Waals surface area contributed by atoms with E-state index in [4.69, 9.17) is 4.74 Å². The SMILES string of the molecule is CCCC(CNCC)OC1CCN(Cc2ccccc2)C1. The number of likely N-dealkylation sites (tertiary alicyclic amines) is 1. The third kappa shape index (κ3) is 5.77. The Kier molecular flexibility index (Phi) is 7.20. The van der Waals surface area contributed by atoms with Crippen molar-refractivity contribution in [2.24, 2.45) is 0 Å². The molecule has 3 heteroatoms. The minimum Gasteiger partial charge on any atom is -0.372 e. The van der Waals surface area contributed by atoms with Crippen molar-refractivity contribution in [1.29, 1.82) is 0 Å². The fourth-order valence-corrected chi connectivity index (χ4v) is 3.01. The van der Waals surface area contributed by atoms with E-state index >= 15 is 0 Å². The Morgan fingerprint density at radius 2 is 2.10 bits per heavy atom. The Hall–Kier alpha value is -0.900. The molecule has 0 saturated carbocycles. The van der Waals surface area contributed by atoms with Gasteiger partial charge in [0, 0.05) is 26.2 Å². The van der Waals surface area contributed by atoms with E-state index in [1.165, 1.54) is 18.4 Å². The van der Waals surface area contributed by atoms with Crippen molar-refractivity contribution in [1.82, 2.24) is 10.2 Å². The minimum atomic E-state index is 0.372. The molecule has 1 heterocycles. The predicted octanol–water partition coefficient (Wildman–Crippen LogP) is 3.06. The summed E-state index contributed by atoms with van der Waals surface area (Å²) in [5.74, 6) is 0. The summed E-state index contributed by atoms with van der Waals surface area (Å²) in [5, 5.41) is 3.42. The summed E-state index contributed by atoms with van der Waals surface area (Å²) in [4.78, 5) is 2.51. The van der Waals surface area contributed by atoms with Crippen LogP contribution in [0, 0.1) is 0 Å². The summed E-state index contributed by atoms with van der Waals surface area (Å²) >= 11 is 0. The molecule has 1 saturated heterocycles. The van der Waals surface area contributed by atoms with E-state index in [2.05, 4.69) is 54.4 Å². The molecule has 1 aliphatic heterocycles. The van der Waals surface area contributed by atoms with Crippen LogP contribution in [0.2, 0.25) is 0 Å². The molecule has 3 nitrogen and oxygen atoms in total. The van der Waals surface area contributed by atoms with E-state index < -0.39 is 0 Å². The van der Waals surface area contributed by atoms with Crippen molar-refractivity contribution in [2.45, 2.75) is 51.9 Å². The summed E-state index contributed by atoms with van der Waals surface area (Å²) in [7, 11) is 0. The van der Waals surface area contributed by atoms with Gasteiger partial charge in [0.25, 0.3) is 0 Å². The topological polar surface area (TPSA) is 24.5 Å². The predicted molar refractivity (Wildman–Crippen MR) is 88.4 cm³/mol. The second-order valence-corrected chi connectivity index (χ2v) is 5.99. The summed E-state index contributed by atoms with van der Waals surface area (Å²) in [6.45, 7) is 9.67. The van der Waals surface area contributed by atoms with Crippen molar-refractivity contribution in [3.05, 3.63) is 35.9 Å². The summed E-state index contributed by atoms with van der Waals surface area (Å²) < 4.78 is 6.32. The fourth-order valence-electron chi connectivity index (χ4n) is 3.01. The molecule has 0 spiro atoms. The molecule has 0 aromatic heterocycles. The number of hydrogen-bond donors (Lipinski definition) is 1. The van der Waals surface area contributed by atoms with Crippen molar-refractivity contribution in [3.63, 3.8) is 0 Å². The van der Waals surface area contributed by atoms with Crippen LogP contribution in [0.15, 0.2) is 30.3 Å². The van der Waals surface area contributed by atoms with E-state index in [0.29, 0.717) is 12.2 Å². The Balaban J connectivity index is 1.75. The lowest BCUT2D eigenvalue weighted by Gasteiger charge is -2.22. The van der Waals surface area contributed by atoms with Crippen molar-refractivity contribution in [3.8, 4) is 0 Å². The smallest absolute Gasteiger partial charge is 0.0718 e. The van der Waals surface area contributed by atoms with Gasteiger partial charge in [0.05, 0.1) is 12.2 Å². The van der Waals surface area contributed by atoms with Crippen molar-refractivity contribution in [2.75, 3.05) is 26.2 Å². The maximum Gasteiger partial charge on any atom is 0.0718 e. The van der Waals surface area contributed by atoms with Crippen LogP contribution in [0.1, 0.15) is 38.7 Å². The molecule has 0 amide bonds. The lowest BCUT2D eigenvalue weighted by Crippen LogP contribution is -2.33. The Bertz CT molecular complexity index is 382. The Morgan fingerprint density at radius 1 is 1.29 bits per heavy atom. The zero-order valence-electron chi connectivity index (χ0n) is 13.6. The van der Waals surface area contributed by atoms with Gasteiger partial charge in [-0.25, -0.2) is 0 Å². The molecule has 2 atom stereocenters. The maximum absolute atomic E-state index is 6.32. The summed E-state index contributed by atoms with van der Waals surface area (Å²) in [5.41, 5.74) is 1.40. The first kappa shape index (κ1) is 16.5. The van der Waals surface area contributed by atoms with Crippen LogP contribution in [-0.2, 0) is 11.3 Å². The third-order valence-electron chi connectivity index (χ3n) is 4.10. The molecule has 1 aliphatic rings. The second-order valence-electron chi connectivity index (χ2n) is 5.99. The number of hydrogen-bond acceptors (Lipinski definition) is 3. The van der Waals surface area contributed by atoms with Crippen LogP contribution in [0.4, 0.5) is 0 Å². The average Bonchev–Trinajstić information content (AvgIpc) is 2.93. The maximum atomic E-state index is 6.32. The molecule has 2 unspecified atom stereocenters. The second kappa shape index (κ2) is 9.19. The molecule has 1 aromatic rings. The van der Waals surface area contributed by atoms with Crippen LogP contribution >= 0.6 is 0 Å². The molecular formula is C18H30N2O. The average molecular weight is 290 g/mol. The van der Waals surface area contributed by atoms with E-state index in [0.717, 1.165) is 39.1 Å². The van der Waals surface area contributed by atoms with Gasteiger partial charge in [-0.15, -0.1) is 0 Å². The normalized spacial score (nSPS) is 20.8. The van der Waals surface area contributed by atoms with Crippen LogP contribution in [0.3, 0.4) is 0 Å². The van der Waals surface area contributed by atoms with Gasteiger partial charge in [-0.1, -0.05) is 50.6 Å². The molecule has 118 valence electrons. The molecule has 1 N–H and O–H groups in total. The van der Waals surface area contributed by atoms with Gasteiger partial charge in [0.2, 0.25) is 0 Å². The lowest BCUT2D eigenvalue weighted by atomic mass is 10.2. The Morgan fingerprint density at radius 3 is 2.81 bits per heavy atom. The van der Waals surface area contributed by atoms with Crippen LogP contribution < -0.4 is 5.32 Å². The van der Waals surface area contributed by atoms with Crippen LogP contribution in [0.25, 0.3) is 0 Å². The summed E-state index contributed by atoms with van der Waals surface area (Å²) in [6, 6.07) is 10.7. The van der Waals surface area contributed by atoms with E-state index in [1.54, 1.807) is 0 Å². The molecule has 21 heavy (non-hydrogen) atoms. The number of benzene rings is 1. The minimum absolute atomic E-state index is 0.372. The van der Waals surface area contributed by atoms with Gasteiger partial charge in [-0.2, -0.15) is 0 Å². The number of nitrogens with zero attached hydrogens (tertiary/aromatic N) is 1. The third-order valence-corrected chi connectivity index (χ3v) is 4.10. The first-order valence-electron chi connectivity index (χ1n) is 8.44. The highest BCUT2D eigenvalue weighted by Gasteiger charge is 2.25.